The van der Waals surface area contributed by atoms with Crippen molar-refractivity contribution in [3.8, 4) is 0 Å². The highest BCUT2D eigenvalue weighted by atomic mass is 16.3. The average Bonchev–Trinajstić information content (AvgIpc) is 3.56. The Kier molecular flexibility index (Phi) is 6.93. The maximum Gasteiger partial charge on any atom is 0.138 e. The molecule has 5 aliphatic carbocycles. The van der Waals surface area contributed by atoms with Crippen molar-refractivity contribution in [1.29, 1.82) is 0 Å². The Morgan fingerprint density at radius 1 is 0.633 bits per heavy atom. The van der Waals surface area contributed by atoms with Crippen LogP contribution < -0.4 is 21.1 Å². The van der Waals surface area contributed by atoms with E-state index in [1.165, 1.54) is 78.4 Å². The van der Waals surface area contributed by atoms with E-state index in [9.17, 15) is 0 Å². The molecule has 0 fully saturated rings. The first-order chi connectivity index (χ1) is 24.3. The summed E-state index contributed by atoms with van der Waals surface area (Å²) in [6.07, 6.45) is 24.5. The highest BCUT2D eigenvalue weighted by Crippen LogP contribution is 2.44. The first-order valence-corrected chi connectivity index (χ1v) is 18.3. The molecular weight excluding hydrogens is 593 g/mol. The standard InChI is InChI=1S/C48H40O/c1-2-13-34-30-35(29-26-31(34)12-1)32-24-27-33(28-25-32)46-39-17-5-7-19-41(39)47(42-20-8-6-18-40(42)46)38-16-4-3-14-36(38)43-21-11-22-44-37-15-9-10-23-45(37)49-48(43)44/h1,3-5,7-10,12,14-17,19-20,22-29,35,40,42H,2,6,11,13,18,21,30H2. The molecule has 1 heteroatoms. The lowest BCUT2D eigenvalue weighted by molar-refractivity contribution is 0.513. The van der Waals surface area contributed by atoms with Gasteiger partial charge in [0.2, 0.25) is 0 Å². The molecule has 0 aliphatic heterocycles. The predicted octanol–water partition coefficient (Wildman–Crippen LogP) is 8.89. The van der Waals surface area contributed by atoms with Crippen LogP contribution in [-0.4, -0.2) is 0 Å². The number of furan rings is 1. The van der Waals surface area contributed by atoms with E-state index < -0.39 is 0 Å². The van der Waals surface area contributed by atoms with Gasteiger partial charge in [-0.05, 0) is 106 Å². The Labute approximate surface area is 288 Å². The lowest BCUT2D eigenvalue weighted by Crippen LogP contribution is -2.41. The van der Waals surface area contributed by atoms with Crippen molar-refractivity contribution in [2.75, 3.05) is 0 Å². The molecular formula is C48H40O. The van der Waals surface area contributed by atoms with Gasteiger partial charge in [0, 0.05) is 28.0 Å². The molecule has 0 amide bonds. The van der Waals surface area contributed by atoms with Crippen LogP contribution in [0.2, 0.25) is 0 Å². The van der Waals surface area contributed by atoms with Crippen molar-refractivity contribution in [2.45, 2.75) is 50.9 Å². The van der Waals surface area contributed by atoms with E-state index in [0.29, 0.717) is 17.8 Å². The zero-order valence-electron chi connectivity index (χ0n) is 27.9. The fourth-order valence-corrected chi connectivity index (χ4v) is 9.50. The predicted molar refractivity (Wildman–Crippen MR) is 203 cm³/mol. The molecule has 3 atom stereocenters. The molecule has 1 aromatic heterocycles. The van der Waals surface area contributed by atoms with Gasteiger partial charge in [-0.3, -0.25) is 0 Å². The van der Waals surface area contributed by atoms with E-state index in [2.05, 4.69) is 140 Å². The fraction of sp³-hybridized carbons (Fsp3) is 0.208. The minimum Gasteiger partial charge on any atom is -0.456 e. The molecule has 1 heterocycles. The summed E-state index contributed by atoms with van der Waals surface area (Å²) >= 11 is 0. The van der Waals surface area contributed by atoms with E-state index in [0.717, 1.165) is 43.1 Å². The molecule has 3 unspecified atom stereocenters. The smallest absolute Gasteiger partial charge is 0.138 e. The SMILES string of the molecule is C1=CC2=C(CC1)CC(c1ccc(C3=c4ccccc4=C(c4ccccc4C4=c5oc6ccccc6c5=CCC4)C4C=CCCC34)cc1)C=C2. The van der Waals surface area contributed by atoms with Gasteiger partial charge in [-0.2, -0.15) is 0 Å². The topological polar surface area (TPSA) is 13.1 Å². The van der Waals surface area contributed by atoms with Crippen LogP contribution in [0, 0.1) is 11.8 Å². The summed E-state index contributed by atoms with van der Waals surface area (Å²) < 4.78 is 6.63. The van der Waals surface area contributed by atoms with Crippen molar-refractivity contribution in [1.82, 2.24) is 0 Å². The van der Waals surface area contributed by atoms with Crippen LogP contribution in [0.15, 0.2) is 149 Å². The molecule has 0 saturated carbocycles. The van der Waals surface area contributed by atoms with Crippen LogP contribution in [0.1, 0.15) is 73.1 Å². The van der Waals surface area contributed by atoms with Gasteiger partial charge in [-0.15, -0.1) is 0 Å². The fourth-order valence-electron chi connectivity index (χ4n) is 9.50. The van der Waals surface area contributed by atoms with E-state index in [4.69, 9.17) is 4.42 Å². The van der Waals surface area contributed by atoms with Gasteiger partial charge in [-0.25, -0.2) is 0 Å². The van der Waals surface area contributed by atoms with Gasteiger partial charge >= 0.3 is 0 Å². The maximum absolute atomic E-state index is 6.63. The number of para-hydroxylation sites is 1. The summed E-state index contributed by atoms with van der Waals surface area (Å²) in [5.74, 6) is 1.21. The Morgan fingerprint density at radius 3 is 2.33 bits per heavy atom. The third-order valence-electron chi connectivity index (χ3n) is 11.8. The number of rotatable bonds is 4. The van der Waals surface area contributed by atoms with Crippen LogP contribution in [-0.2, 0) is 0 Å². The Balaban J connectivity index is 1.15. The van der Waals surface area contributed by atoms with Crippen LogP contribution >= 0.6 is 0 Å². The lowest BCUT2D eigenvalue weighted by atomic mass is 9.67. The van der Waals surface area contributed by atoms with Crippen molar-refractivity contribution >= 4 is 33.8 Å². The van der Waals surface area contributed by atoms with Gasteiger partial charge in [0.05, 0.1) is 0 Å². The van der Waals surface area contributed by atoms with Gasteiger partial charge in [-0.1, -0.05) is 139 Å². The molecule has 4 aromatic carbocycles. The van der Waals surface area contributed by atoms with Crippen molar-refractivity contribution < 1.29 is 4.42 Å². The summed E-state index contributed by atoms with van der Waals surface area (Å²) in [5.41, 5.74) is 14.9. The minimum atomic E-state index is 0.316. The third kappa shape index (κ3) is 4.74. The molecule has 238 valence electrons. The van der Waals surface area contributed by atoms with Crippen LogP contribution in [0.25, 0.3) is 33.8 Å². The molecule has 0 radical (unpaired) electrons. The number of benzene rings is 4. The van der Waals surface area contributed by atoms with Gasteiger partial charge in [0.1, 0.15) is 11.0 Å². The third-order valence-corrected chi connectivity index (χ3v) is 11.8. The first kappa shape index (κ1) is 28.8. The van der Waals surface area contributed by atoms with Gasteiger partial charge in [0.15, 0.2) is 0 Å². The van der Waals surface area contributed by atoms with E-state index in [1.807, 2.05) is 0 Å². The van der Waals surface area contributed by atoms with E-state index in [1.54, 1.807) is 5.57 Å². The summed E-state index contributed by atoms with van der Waals surface area (Å²) in [7, 11) is 0. The Morgan fingerprint density at radius 2 is 1.43 bits per heavy atom. The van der Waals surface area contributed by atoms with Crippen LogP contribution in [0.5, 0.6) is 0 Å². The van der Waals surface area contributed by atoms with E-state index >= 15 is 0 Å². The average molecular weight is 633 g/mol. The molecule has 0 saturated heterocycles. The van der Waals surface area contributed by atoms with Crippen molar-refractivity contribution in [3.05, 3.63) is 188 Å². The summed E-state index contributed by atoms with van der Waals surface area (Å²) in [4.78, 5) is 0. The second-order valence-corrected chi connectivity index (χ2v) is 14.4. The zero-order chi connectivity index (χ0) is 32.3. The summed E-state index contributed by atoms with van der Waals surface area (Å²) in [5, 5.41) is 5.24. The molecule has 49 heavy (non-hydrogen) atoms. The molecule has 1 nitrogen and oxygen atoms in total. The van der Waals surface area contributed by atoms with E-state index in [-0.39, 0.29) is 0 Å². The number of hydrogen-bond donors (Lipinski definition) is 0. The lowest BCUT2D eigenvalue weighted by Gasteiger charge is -2.36. The van der Waals surface area contributed by atoms with Crippen molar-refractivity contribution in [2.24, 2.45) is 11.8 Å². The monoisotopic (exact) mass is 632 g/mol. The Hall–Kier alpha value is -5.14. The zero-order valence-corrected chi connectivity index (χ0v) is 27.9. The van der Waals surface area contributed by atoms with Gasteiger partial charge < -0.3 is 4.42 Å². The Bertz CT molecular complexity index is 2530. The molecule has 0 bridgehead atoms. The highest BCUT2D eigenvalue weighted by Gasteiger charge is 2.34. The second-order valence-electron chi connectivity index (χ2n) is 14.4. The molecule has 10 rings (SSSR count). The highest BCUT2D eigenvalue weighted by molar-refractivity contribution is 5.87. The molecule has 5 aliphatic rings. The quantitative estimate of drug-likeness (QED) is 0.180. The summed E-state index contributed by atoms with van der Waals surface area (Å²) in [6, 6.07) is 36.5. The normalized spacial score (nSPS) is 22.4. The molecule has 0 N–H and O–H groups in total. The van der Waals surface area contributed by atoms with Gasteiger partial charge in [0.25, 0.3) is 0 Å². The summed E-state index contributed by atoms with van der Waals surface area (Å²) in [6.45, 7) is 0. The van der Waals surface area contributed by atoms with Crippen LogP contribution in [0.4, 0.5) is 0 Å². The first-order valence-electron chi connectivity index (χ1n) is 18.3. The second kappa shape index (κ2) is 11.8. The number of hydrogen-bond acceptors (Lipinski definition) is 1. The van der Waals surface area contributed by atoms with Crippen LogP contribution in [0.3, 0.4) is 0 Å². The van der Waals surface area contributed by atoms with Crippen molar-refractivity contribution in [3.63, 3.8) is 0 Å². The minimum absolute atomic E-state index is 0.316. The number of fused-ring (bicyclic) bond motifs is 5. The maximum atomic E-state index is 6.63. The molecule has 0 spiro atoms. The largest absolute Gasteiger partial charge is 0.456 e. The number of allylic oxidation sites excluding steroid dienone is 8. The molecule has 5 aromatic rings.